The van der Waals surface area contributed by atoms with Crippen molar-refractivity contribution in [2.24, 2.45) is 17.6 Å². The highest BCUT2D eigenvalue weighted by Gasteiger charge is 2.31. The topological polar surface area (TPSA) is 92.4 Å². The van der Waals surface area contributed by atoms with Crippen molar-refractivity contribution in [3.8, 4) is 0 Å². The Morgan fingerprint density at radius 1 is 1.26 bits per heavy atom. The molecule has 0 radical (unpaired) electrons. The fraction of sp³-hybridized carbons (Fsp3) is 0.857. The smallest absolute Gasteiger partial charge is 0.326 e. The molecule has 0 aliphatic heterocycles. The third kappa shape index (κ3) is 5.19. The number of nitrogens with two attached hydrogens (primary N) is 1. The maximum Gasteiger partial charge on any atom is 0.326 e. The predicted molar refractivity (Wildman–Crippen MR) is 73.6 cm³/mol. The maximum absolute atomic E-state index is 11.9. The van der Waals surface area contributed by atoms with Crippen LogP contribution < -0.4 is 11.1 Å². The summed E-state index contributed by atoms with van der Waals surface area (Å²) in [6.45, 7) is 3.98. The molecule has 1 saturated carbocycles. The first-order valence-electron chi connectivity index (χ1n) is 7.20. The summed E-state index contributed by atoms with van der Waals surface area (Å²) in [7, 11) is 0. The van der Waals surface area contributed by atoms with Gasteiger partial charge in [-0.05, 0) is 31.1 Å². The zero-order valence-corrected chi connectivity index (χ0v) is 11.9. The normalized spacial score (nSPS) is 20.0. The van der Waals surface area contributed by atoms with Crippen LogP contribution in [0.2, 0.25) is 0 Å². The summed E-state index contributed by atoms with van der Waals surface area (Å²) in [5, 5.41) is 11.9. The number of rotatable bonds is 6. The minimum atomic E-state index is -0.947. The summed E-state index contributed by atoms with van der Waals surface area (Å²) in [6, 6.07) is -1.41. The molecule has 0 spiro atoms. The number of nitrogens with one attached hydrogen (secondary N) is 1. The molecule has 0 aromatic rings. The molecule has 19 heavy (non-hydrogen) atoms. The van der Waals surface area contributed by atoms with E-state index in [0.717, 1.165) is 32.1 Å². The molecule has 1 aliphatic carbocycles. The van der Waals surface area contributed by atoms with Crippen LogP contribution in [0.3, 0.4) is 0 Å². The molecule has 1 aliphatic rings. The Morgan fingerprint density at radius 3 is 2.32 bits per heavy atom. The van der Waals surface area contributed by atoms with Gasteiger partial charge in [0.05, 0.1) is 6.04 Å². The minimum absolute atomic E-state index is 0.0430. The van der Waals surface area contributed by atoms with Gasteiger partial charge in [-0.3, -0.25) is 4.79 Å². The number of carbonyl (C=O) groups excluding carboxylic acids is 1. The highest BCUT2D eigenvalue weighted by molar-refractivity contribution is 5.86. The molecule has 5 heteroatoms. The van der Waals surface area contributed by atoms with Crippen molar-refractivity contribution in [2.75, 3.05) is 0 Å². The quantitative estimate of drug-likeness (QED) is 0.682. The predicted octanol–water partition coefficient (Wildman–Crippen LogP) is 1.51. The molecular weight excluding hydrogens is 244 g/mol. The van der Waals surface area contributed by atoms with Crippen molar-refractivity contribution in [2.45, 2.75) is 64.5 Å². The Labute approximate surface area is 114 Å². The second kappa shape index (κ2) is 7.48. The van der Waals surface area contributed by atoms with Crippen molar-refractivity contribution in [3.05, 3.63) is 0 Å². The maximum atomic E-state index is 11.9. The van der Waals surface area contributed by atoms with Crippen LogP contribution in [0.4, 0.5) is 0 Å². The van der Waals surface area contributed by atoms with E-state index in [0.29, 0.717) is 12.3 Å². The summed E-state index contributed by atoms with van der Waals surface area (Å²) >= 11 is 0. The summed E-state index contributed by atoms with van der Waals surface area (Å²) in [5.74, 6) is -0.927. The zero-order chi connectivity index (χ0) is 14.4. The molecule has 1 amide bonds. The standard InChI is InChI=1S/C14H26N2O3/c1-9(2)8-11(15)13(17)16-12(14(18)19)10-6-4-3-5-7-10/h9-12H,3-8,15H2,1-2H3,(H,16,17)(H,18,19)/t11-,12?/m0/s1. The van der Waals surface area contributed by atoms with Gasteiger partial charge in [0.25, 0.3) is 0 Å². The van der Waals surface area contributed by atoms with Crippen molar-refractivity contribution in [1.29, 1.82) is 0 Å². The molecule has 1 fully saturated rings. The van der Waals surface area contributed by atoms with E-state index in [4.69, 9.17) is 5.73 Å². The van der Waals surface area contributed by atoms with Gasteiger partial charge >= 0.3 is 5.97 Å². The summed E-state index contributed by atoms with van der Waals surface area (Å²) in [6.07, 6.45) is 5.56. The average Bonchev–Trinajstić information content (AvgIpc) is 2.35. The fourth-order valence-electron chi connectivity index (χ4n) is 2.72. The summed E-state index contributed by atoms with van der Waals surface area (Å²) in [5.41, 5.74) is 5.79. The molecule has 0 aromatic heterocycles. The number of carboxylic acids is 1. The van der Waals surface area contributed by atoms with Gasteiger partial charge in [0, 0.05) is 0 Å². The van der Waals surface area contributed by atoms with Gasteiger partial charge in [0.1, 0.15) is 6.04 Å². The number of amides is 1. The lowest BCUT2D eigenvalue weighted by molar-refractivity contribution is -0.144. The van der Waals surface area contributed by atoms with E-state index in [1.165, 1.54) is 0 Å². The van der Waals surface area contributed by atoms with E-state index in [1.807, 2.05) is 13.8 Å². The van der Waals surface area contributed by atoms with Crippen LogP contribution in [0.1, 0.15) is 52.4 Å². The Bertz CT molecular complexity index is 312. The van der Waals surface area contributed by atoms with Crippen LogP contribution >= 0.6 is 0 Å². The second-order valence-corrected chi connectivity index (χ2v) is 5.96. The van der Waals surface area contributed by atoms with E-state index in [1.54, 1.807) is 0 Å². The van der Waals surface area contributed by atoms with Gasteiger partial charge in [-0.2, -0.15) is 0 Å². The third-order valence-electron chi connectivity index (χ3n) is 3.75. The molecule has 5 nitrogen and oxygen atoms in total. The van der Waals surface area contributed by atoms with Gasteiger partial charge in [-0.1, -0.05) is 33.1 Å². The van der Waals surface area contributed by atoms with Crippen LogP contribution in [0.25, 0.3) is 0 Å². The first kappa shape index (κ1) is 16.0. The van der Waals surface area contributed by atoms with E-state index in [9.17, 15) is 14.7 Å². The van der Waals surface area contributed by atoms with Crippen molar-refractivity contribution in [3.63, 3.8) is 0 Å². The van der Waals surface area contributed by atoms with Crippen LogP contribution in [0, 0.1) is 11.8 Å². The Kier molecular flexibility index (Phi) is 6.28. The van der Waals surface area contributed by atoms with E-state index < -0.39 is 18.1 Å². The first-order chi connectivity index (χ1) is 8.91. The molecule has 110 valence electrons. The summed E-state index contributed by atoms with van der Waals surface area (Å²) < 4.78 is 0. The van der Waals surface area contributed by atoms with E-state index in [2.05, 4.69) is 5.32 Å². The molecule has 0 aromatic carbocycles. The molecule has 0 saturated heterocycles. The van der Waals surface area contributed by atoms with Crippen LogP contribution in [0.15, 0.2) is 0 Å². The van der Waals surface area contributed by atoms with Crippen LogP contribution in [0.5, 0.6) is 0 Å². The number of carboxylic acid groups (broad SMARTS) is 1. The van der Waals surface area contributed by atoms with Crippen molar-refractivity contribution in [1.82, 2.24) is 5.32 Å². The van der Waals surface area contributed by atoms with Gasteiger partial charge in [-0.15, -0.1) is 0 Å². The number of hydrogen-bond donors (Lipinski definition) is 3. The largest absolute Gasteiger partial charge is 0.480 e. The number of carbonyl (C=O) groups is 2. The van der Waals surface area contributed by atoms with E-state index >= 15 is 0 Å². The molecular formula is C14H26N2O3. The number of aliphatic carboxylic acids is 1. The molecule has 0 heterocycles. The number of hydrogen-bond acceptors (Lipinski definition) is 3. The first-order valence-corrected chi connectivity index (χ1v) is 7.20. The van der Waals surface area contributed by atoms with Crippen LogP contribution in [-0.4, -0.2) is 29.1 Å². The molecule has 1 unspecified atom stereocenters. The van der Waals surface area contributed by atoms with Crippen LogP contribution in [-0.2, 0) is 9.59 Å². The molecule has 4 N–H and O–H groups in total. The summed E-state index contributed by atoms with van der Waals surface area (Å²) in [4.78, 5) is 23.3. The Morgan fingerprint density at radius 2 is 1.84 bits per heavy atom. The lowest BCUT2D eigenvalue weighted by atomic mass is 9.83. The van der Waals surface area contributed by atoms with Gasteiger partial charge in [0.15, 0.2) is 0 Å². The zero-order valence-electron chi connectivity index (χ0n) is 11.9. The third-order valence-corrected chi connectivity index (χ3v) is 3.75. The lowest BCUT2D eigenvalue weighted by Gasteiger charge is -2.29. The van der Waals surface area contributed by atoms with Crippen molar-refractivity contribution < 1.29 is 14.7 Å². The Balaban J connectivity index is 2.57. The minimum Gasteiger partial charge on any atom is -0.480 e. The second-order valence-electron chi connectivity index (χ2n) is 5.96. The van der Waals surface area contributed by atoms with Gasteiger partial charge in [-0.25, -0.2) is 4.79 Å². The Hall–Kier alpha value is -1.10. The van der Waals surface area contributed by atoms with Gasteiger partial charge < -0.3 is 16.2 Å². The fourth-order valence-corrected chi connectivity index (χ4v) is 2.72. The van der Waals surface area contributed by atoms with Gasteiger partial charge in [0.2, 0.25) is 5.91 Å². The highest BCUT2D eigenvalue weighted by Crippen LogP contribution is 2.26. The molecule has 1 rings (SSSR count). The molecule has 2 atom stereocenters. The lowest BCUT2D eigenvalue weighted by Crippen LogP contribution is -2.52. The SMILES string of the molecule is CC(C)C[C@H](N)C(=O)NC(C(=O)O)C1CCCCC1. The molecule has 0 bridgehead atoms. The van der Waals surface area contributed by atoms with E-state index in [-0.39, 0.29) is 11.8 Å². The monoisotopic (exact) mass is 270 g/mol. The van der Waals surface area contributed by atoms with Crippen molar-refractivity contribution >= 4 is 11.9 Å². The average molecular weight is 270 g/mol. The highest BCUT2D eigenvalue weighted by atomic mass is 16.4.